The molecule has 1 aliphatic heterocycles. The molecule has 1 saturated heterocycles. The Kier molecular flexibility index (Phi) is 4.03. The first-order valence-corrected chi connectivity index (χ1v) is 5.48. The second kappa shape index (κ2) is 5.72. The van der Waals surface area contributed by atoms with Crippen molar-refractivity contribution < 1.29 is 14.6 Å². The van der Waals surface area contributed by atoms with Crippen molar-refractivity contribution in [2.24, 2.45) is 0 Å². The average Bonchev–Trinajstić information content (AvgIpc) is 2.40. The summed E-state index contributed by atoms with van der Waals surface area (Å²) >= 11 is 0. The van der Waals surface area contributed by atoms with Crippen molar-refractivity contribution >= 4 is 5.91 Å². The standard InChI is InChI=1S/C11H15N3O3/c15-10(9-2-1-3-12-8-9)11(16)13-14-4-6-17-7-5-14/h1-3,8,10,15H,4-7H2,(H,13,16). The minimum absolute atomic E-state index is 0.445. The van der Waals surface area contributed by atoms with E-state index in [1.165, 1.54) is 6.20 Å². The number of aromatic nitrogens is 1. The van der Waals surface area contributed by atoms with Crippen LogP contribution in [-0.2, 0) is 9.53 Å². The second-order valence-corrected chi connectivity index (χ2v) is 3.76. The molecule has 0 radical (unpaired) electrons. The number of amides is 1. The molecule has 2 N–H and O–H groups in total. The summed E-state index contributed by atoms with van der Waals surface area (Å²) in [4.78, 5) is 15.6. The summed E-state index contributed by atoms with van der Waals surface area (Å²) < 4.78 is 5.16. The monoisotopic (exact) mass is 237 g/mol. The number of aliphatic hydroxyl groups excluding tert-OH is 1. The number of ether oxygens (including phenoxy) is 1. The molecular weight excluding hydrogens is 222 g/mol. The molecule has 1 fully saturated rings. The van der Waals surface area contributed by atoms with Crippen LogP contribution in [0.15, 0.2) is 24.5 Å². The van der Waals surface area contributed by atoms with Crippen molar-refractivity contribution in [3.63, 3.8) is 0 Å². The van der Waals surface area contributed by atoms with Gasteiger partial charge >= 0.3 is 0 Å². The van der Waals surface area contributed by atoms with Gasteiger partial charge in [0.25, 0.3) is 5.91 Å². The number of carbonyl (C=O) groups excluding carboxylic acids is 1. The number of carbonyl (C=O) groups is 1. The predicted molar refractivity (Wildman–Crippen MR) is 59.7 cm³/mol. The third-order valence-electron chi connectivity index (χ3n) is 2.53. The number of aliphatic hydroxyl groups is 1. The molecule has 1 amide bonds. The maximum atomic E-state index is 11.7. The van der Waals surface area contributed by atoms with E-state index in [1.54, 1.807) is 23.3 Å². The number of hydrogen-bond donors (Lipinski definition) is 2. The number of nitrogens with one attached hydrogen (secondary N) is 1. The van der Waals surface area contributed by atoms with Crippen LogP contribution in [-0.4, -0.2) is 47.3 Å². The third-order valence-corrected chi connectivity index (χ3v) is 2.53. The minimum atomic E-state index is -1.19. The van der Waals surface area contributed by atoms with Gasteiger partial charge in [0, 0.05) is 31.0 Å². The smallest absolute Gasteiger partial charge is 0.267 e. The highest BCUT2D eigenvalue weighted by molar-refractivity contribution is 5.81. The van der Waals surface area contributed by atoms with Gasteiger partial charge in [0.05, 0.1) is 13.2 Å². The molecule has 0 aliphatic carbocycles. The van der Waals surface area contributed by atoms with Crippen LogP contribution in [0.5, 0.6) is 0 Å². The summed E-state index contributed by atoms with van der Waals surface area (Å²) in [5, 5.41) is 11.6. The van der Waals surface area contributed by atoms with Gasteiger partial charge in [0.15, 0.2) is 6.10 Å². The molecule has 2 rings (SSSR count). The van der Waals surface area contributed by atoms with E-state index in [0.717, 1.165) is 0 Å². The highest BCUT2D eigenvalue weighted by Crippen LogP contribution is 2.10. The Morgan fingerprint density at radius 2 is 2.29 bits per heavy atom. The summed E-state index contributed by atoms with van der Waals surface area (Å²) in [6.45, 7) is 2.43. The molecular formula is C11H15N3O3. The van der Waals surface area contributed by atoms with E-state index in [0.29, 0.717) is 31.9 Å². The Morgan fingerprint density at radius 3 is 2.94 bits per heavy atom. The van der Waals surface area contributed by atoms with Gasteiger partial charge < -0.3 is 9.84 Å². The molecule has 1 aromatic heterocycles. The minimum Gasteiger partial charge on any atom is -0.379 e. The number of rotatable bonds is 3. The highest BCUT2D eigenvalue weighted by Gasteiger charge is 2.20. The van der Waals surface area contributed by atoms with Crippen molar-refractivity contribution in [3.05, 3.63) is 30.1 Å². The zero-order chi connectivity index (χ0) is 12.1. The third kappa shape index (κ3) is 3.23. The Bertz CT molecular complexity index is 365. The Labute approximate surface area is 99.2 Å². The van der Waals surface area contributed by atoms with Gasteiger partial charge in [-0.1, -0.05) is 6.07 Å². The topological polar surface area (TPSA) is 74.7 Å². The fourth-order valence-corrected chi connectivity index (χ4v) is 1.58. The Balaban J connectivity index is 1.91. The SMILES string of the molecule is O=C(NN1CCOCC1)C(O)c1cccnc1. The second-order valence-electron chi connectivity index (χ2n) is 3.76. The average molecular weight is 237 g/mol. The Hall–Kier alpha value is -1.50. The first-order valence-electron chi connectivity index (χ1n) is 5.48. The number of hydrogen-bond acceptors (Lipinski definition) is 5. The molecule has 6 nitrogen and oxygen atoms in total. The van der Waals surface area contributed by atoms with E-state index in [1.807, 2.05) is 0 Å². The molecule has 0 bridgehead atoms. The molecule has 2 heterocycles. The number of pyridine rings is 1. The van der Waals surface area contributed by atoms with E-state index < -0.39 is 12.0 Å². The largest absolute Gasteiger partial charge is 0.379 e. The zero-order valence-electron chi connectivity index (χ0n) is 9.37. The quantitative estimate of drug-likeness (QED) is 0.740. The Morgan fingerprint density at radius 1 is 1.53 bits per heavy atom. The van der Waals surface area contributed by atoms with Crippen LogP contribution in [0.4, 0.5) is 0 Å². The molecule has 0 saturated carbocycles. The van der Waals surface area contributed by atoms with E-state index in [4.69, 9.17) is 4.74 Å². The molecule has 92 valence electrons. The maximum Gasteiger partial charge on any atom is 0.267 e. The fourth-order valence-electron chi connectivity index (χ4n) is 1.58. The van der Waals surface area contributed by atoms with Crippen molar-refractivity contribution in [3.8, 4) is 0 Å². The summed E-state index contributed by atoms with van der Waals surface area (Å²) in [7, 11) is 0. The van der Waals surface area contributed by atoms with E-state index in [9.17, 15) is 9.90 Å². The molecule has 1 aromatic rings. The predicted octanol–water partition coefficient (Wildman–Crippen LogP) is -0.522. The van der Waals surface area contributed by atoms with Gasteiger partial charge in [-0.15, -0.1) is 0 Å². The van der Waals surface area contributed by atoms with Crippen molar-refractivity contribution in [1.82, 2.24) is 15.4 Å². The van der Waals surface area contributed by atoms with Crippen LogP contribution in [0.2, 0.25) is 0 Å². The van der Waals surface area contributed by atoms with Gasteiger partial charge in [-0.3, -0.25) is 15.2 Å². The molecule has 1 atom stereocenters. The lowest BCUT2D eigenvalue weighted by Crippen LogP contribution is -2.49. The van der Waals surface area contributed by atoms with Gasteiger partial charge in [-0.25, -0.2) is 5.01 Å². The maximum absolute atomic E-state index is 11.7. The van der Waals surface area contributed by atoms with Crippen LogP contribution >= 0.6 is 0 Å². The van der Waals surface area contributed by atoms with Crippen LogP contribution in [0.25, 0.3) is 0 Å². The first kappa shape index (κ1) is 12.0. The van der Waals surface area contributed by atoms with Gasteiger partial charge in [0.1, 0.15) is 0 Å². The van der Waals surface area contributed by atoms with Gasteiger partial charge in [-0.2, -0.15) is 0 Å². The summed E-state index contributed by atoms with van der Waals surface area (Å²) in [6.07, 6.45) is 1.88. The molecule has 6 heteroatoms. The lowest BCUT2D eigenvalue weighted by atomic mass is 10.1. The molecule has 0 aromatic carbocycles. The van der Waals surface area contributed by atoms with Crippen LogP contribution in [0, 0.1) is 0 Å². The number of morpholine rings is 1. The lowest BCUT2D eigenvalue weighted by Gasteiger charge is -2.27. The molecule has 1 unspecified atom stereocenters. The number of nitrogens with zero attached hydrogens (tertiary/aromatic N) is 2. The van der Waals surface area contributed by atoms with Crippen LogP contribution in [0.3, 0.4) is 0 Å². The fraction of sp³-hybridized carbons (Fsp3) is 0.455. The zero-order valence-corrected chi connectivity index (χ0v) is 9.37. The van der Waals surface area contributed by atoms with E-state index in [-0.39, 0.29) is 0 Å². The van der Waals surface area contributed by atoms with Gasteiger partial charge in [-0.05, 0) is 6.07 Å². The van der Waals surface area contributed by atoms with E-state index >= 15 is 0 Å². The number of hydrazine groups is 1. The van der Waals surface area contributed by atoms with E-state index in [2.05, 4.69) is 10.4 Å². The van der Waals surface area contributed by atoms with Crippen molar-refractivity contribution in [2.75, 3.05) is 26.3 Å². The lowest BCUT2D eigenvalue weighted by molar-refractivity contribution is -0.136. The van der Waals surface area contributed by atoms with Crippen LogP contribution < -0.4 is 5.43 Å². The molecule has 0 spiro atoms. The first-order chi connectivity index (χ1) is 8.27. The van der Waals surface area contributed by atoms with Crippen molar-refractivity contribution in [2.45, 2.75) is 6.10 Å². The normalized spacial score (nSPS) is 18.6. The summed E-state index contributed by atoms with van der Waals surface area (Å²) in [6, 6.07) is 3.34. The van der Waals surface area contributed by atoms with Gasteiger partial charge in [0.2, 0.25) is 0 Å². The molecule has 17 heavy (non-hydrogen) atoms. The van der Waals surface area contributed by atoms with Crippen molar-refractivity contribution in [1.29, 1.82) is 0 Å². The summed E-state index contributed by atoms with van der Waals surface area (Å²) in [5.41, 5.74) is 3.14. The summed E-state index contributed by atoms with van der Waals surface area (Å²) in [5.74, 6) is -0.445. The molecule has 1 aliphatic rings. The highest BCUT2D eigenvalue weighted by atomic mass is 16.5. The van der Waals surface area contributed by atoms with Crippen LogP contribution in [0.1, 0.15) is 11.7 Å².